The van der Waals surface area contributed by atoms with E-state index in [1.54, 1.807) is 6.07 Å². The van der Waals surface area contributed by atoms with E-state index in [4.69, 9.17) is 5.26 Å². The van der Waals surface area contributed by atoms with Crippen LogP contribution in [0.3, 0.4) is 0 Å². The summed E-state index contributed by atoms with van der Waals surface area (Å²) in [5.74, 6) is 0.583. The summed E-state index contributed by atoms with van der Waals surface area (Å²) in [5, 5.41) is 12.2. The number of hydrogen-bond acceptors (Lipinski definition) is 3. The van der Waals surface area contributed by atoms with Crippen LogP contribution < -0.4 is 5.32 Å². The monoisotopic (exact) mass is 287 g/mol. The third-order valence-electron chi connectivity index (χ3n) is 2.28. The molecular formula is C13H10BrN3. The van der Waals surface area contributed by atoms with Crippen molar-refractivity contribution in [2.24, 2.45) is 0 Å². The molecule has 0 fully saturated rings. The summed E-state index contributed by atoms with van der Waals surface area (Å²) in [6, 6.07) is 13.4. The highest BCUT2D eigenvalue weighted by molar-refractivity contribution is 9.10. The normalized spacial score (nSPS) is 9.71. The second-order valence-corrected chi connectivity index (χ2v) is 4.42. The van der Waals surface area contributed by atoms with Crippen molar-refractivity contribution in [2.75, 3.05) is 5.32 Å². The number of pyridine rings is 1. The van der Waals surface area contributed by atoms with Crippen LogP contribution in [0.25, 0.3) is 0 Å². The van der Waals surface area contributed by atoms with Gasteiger partial charge in [-0.15, -0.1) is 0 Å². The molecule has 1 aromatic carbocycles. The van der Waals surface area contributed by atoms with Gasteiger partial charge in [-0.25, -0.2) is 4.98 Å². The first-order valence-corrected chi connectivity index (χ1v) is 5.89. The highest BCUT2D eigenvalue weighted by Crippen LogP contribution is 2.25. The van der Waals surface area contributed by atoms with Gasteiger partial charge in [0.05, 0.1) is 11.3 Å². The third kappa shape index (κ3) is 2.63. The van der Waals surface area contributed by atoms with Crippen LogP contribution in [0.15, 0.2) is 40.9 Å². The Kier molecular flexibility index (Phi) is 3.40. The van der Waals surface area contributed by atoms with E-state index in [0.717, 1.165) is 15.9 Å². The number of hydrogen-bond donors (Lipinski definition) is 1. The van der Waals surface area contributed by atoms with Gasteiger partial charge in [0.1, 0.15) is 11.9 Å². The van der Waals surface area contributed by atoms with Gasteiger partial charge in [0.15, 0.2) is 0 Å². The summed E-state index contributed by atoms with van der Waals surface area (Å²) < 4.78 is 0.937. The predicted molar refractivity (Wildman–Crippen MR) is 71.1 cm³/mol. The van der Waals surface area contributed by atoms with Gasteiger partial charge in [0, 0.05) is 10.2 Å². The lowest BCUT2D eigenvalue weighted by molar-refractivity contribution is 1.19. The van der Waals surface area contributed by atoms with Crippen molar-refractivity contribution >= 4 is 27.4 Å². The van der Waals surface area contributed by atoms with Crippen molar-refractivity contribution in [1.82, 2.24) is 4.98 Å². The van der Waals surface area contributed by atoms with E-state index in [2.05, 4.69) is 32.3 Å². The number of nitriles is 1. The number of nitrogens with zero attached hydrogens (tertiary/aromatic N) is 2. The highest BCUT2D eigenvalue weighted by Gasteiger charge is 2.06. The lowest BCUT2D eigenvalue weighted by Gasteiger charge is -2.09. The molecule has 17 heavy (non-hydrogen) atoms. The van der Waals surface area contributed by atoms with E-state index < -0.39 is 0 Å². The maximum Gasteiger partial charge on any atom is 0.148 e. The minimum atomic E-state index is 0.534. The number of nitrogens with one attached hydrogen (secondary N) is 1. The van der Waals surface area contributed by atoms with E-state index in [1.807, 2.05) is 37.3 Å². The van der Waals surface area contributed by atoms with Crippen molar-refractivity contribution in [3.8, 4) is 6.07 Å². The topological polar surface area (TPSA) is 48.7 Å². The summed E-state index contributed by atoms with van der Waals surface area (Å²) in [6.07, 6.45) is 0. The molecule has 0 saturated carbocycles. The Balaban J connectivity index is 2.40. The number of aromatic nitrogens is 1. The van der Waals surface area contributed by atoms with Crippen LogP contribution in [-0.2, 0) is 0 Å². The molecule has 0 aliphatic heterocycles. The molecule has 0 unspecified atom stereocenters. The second kappa shape index (κ2) is 4.98. The molecule has 0 saturated heterocycles. The fourth-order valence-corrected chi connectivity index (χ4v) is 1.82. The minimum Gasteiger partial charge on any atom is -0.338 e. The largest absolute Gasteiger partial charge is 0.338 e. The summed E-state index contributed by atoms with van der Waals surface area (Å²) in [5.41, 5.74) is 2.30. The van der Waals surface area contributed by atoms with Crippen molar-refractivity contribution in [2.45, 2.75) is 6.92 Å². The van der Waals surface area contributed by atoms with Gasteiger partial charge in [0.2, 0.25) is 0 Å². The number of aryl methyl sites for hydroxylation is 1. The lowest BCUT2D eigenvalue weighted by Crippen LogP contribution is -1.98. The smallest absolute Gasteiger partial charge is 0.148 e. The van der Waals surface area contributed by atoms with Gasteiger partial charge in [-0.1, -0.05) is 12.1 Å². The number of anilines is 2. The van der Waals surface area contributed by atoms with Gasteiger partial charge in [-0.05, 0) is 47.1 Å². The van der Waals surface area contributed by atoms with Crippen molar-refractivity contribution < 1.29 is 0 Å². The number of para-hydroxylation sites is 1. The molecule has 2 rings (SSSR count). The molecule has 4 heteroatoms. The maximum atomic E-state index is 9.01. The summed E-state index contributed by atoms with van der Waals surface area (Å²) in [7, 11) is 0. The predicted octanol–water partition coefficient (Wildman–Crippen LogP) is 3.77. The van der Waals surface area contributed by atoms with Crippen LogP contribution in [0.4, 0.5) is 11.5 Å². The molecule has 0 atom stereocenters. The Labute approximate surface area is 108 Å². The molecule has 1 heterocycles. The van der Waals surface area contributed by atoms with E-state index in [0.29, 0.717) is 11.4 Å². The van der Waals surface area contributed by atoms with Gasteiger partial charge < -0.3 is 5.32 Å². The van der Waals surface area contributed by atoms with E-state index in [9.17, 15) is 0 Å². The molecule has 0 amide bonds. The average molecular weight is 288 g/mol. The van der Waals surface area contributed by atoms with Crippen molar-refractivity contribution in [3.05, 3.63) is 52.1 Å². The highest BCUT2D eigenvalue weighted by atomic mass is 79.9. The summed E-state index contributed by atoms with van der Waals surface area (Å²) >= 11 is 3.45. The maximum absolute atomic E-state index is 9.01. The Morgan fingerprint density at radius 3 is 2.71 bits per heavy atom. The molecule has 0 spiro atoms. The van der Waals surface area contributed by atoms with Crippen molar-refractivity contribution in [1.29, 1.82) is 5.26 Å². The molecule has 3 nitrogen and oxygen atoms in total. The first-order valence-electron chi connectivity index (χ1n) is 5.10. The first-order chi connectivity index (χ1) is 8.20. The Morgan fingerprint density at radius 1 is 1.24 bits per heavy atom. The zero-order valence-corrected chi connectivity index (χ0v) is 10.8. The van der Waals surface area contributed by atoms with Gasteiger partial charge >= 0.3 is 0 Å². The molecule has 1 N–H and O–H groups in total. The molecular weight excluding hydrogens is 278 g/mol. The Morgan fingerprint density at radius 2 is 2.00 bits per heavy atom. The van der Waals surface area contributed by atoms with Crippen LogP contribution >= 0.6 is 15.9 Å². The molecule has 1 aromatic heterocycles. The molecule has 0 bridgehead atoms. The quantitative estimate of drug-likeness (QED) is 0.915. The molecule has 0 aliphatic rings. The van der Waals surface area contributed by atoms with Crippen LogP contribution in [0.2, 0.25) is 0 Å². The molecule has 0 radical (unpaired) electrons. The second-order valence-electron chi connectivity index (χ2n) is 3.57. The zero-order chi connectivity index (χ0) is 12.3. The van der Waals surface area contributed by atoms with Crippen LogP contribution in [0, 0.1) is 18.3 Å². The van der Waals surface area contributed by atoms with Gasteiger partial charge in [-0.3, -0.25) is 0 Å². The number of halogens is 1. The summed E-state index contributed by atoms with van der Waals surface area (Å²) in [6.45, 7) is 1.90. The van der Waals surface area contributed by atoms with Crippen LogP contribution in [0.5, 0.6) is 0 Å². The SMILES string of the molecule is Cc1ccc(C#N)c(Nc2ccccc2Br)n1. The van der Waals surface area contributed by atoms with E-state index in [-0.39, 0.29) is 0 Å². The van der Waals surface area contributed by atoms with Crippen molar-refractivity contribution in [3.63, 3.8) is 0 Å². The minimum absolute atomic E-state index is 0.534. The van der Waals surface area contributed by atoms with Gasteiger partial charge in [0.25, 0.3) is 0 Å². The number of rotatable bonds is 2. The Bertz CT molecular complexity index is 587. The Hall–Kier alpha value is -1.86. The van der Waals surface area contributed by atoms with E-state index >= 15 is 0 Å². The average Bonchev–Trinajstić information content (AvgIpc) is 2.32. The van der Waals surface area contributed by atoms with Crippen LogP contribution in [0.1, 0.15) is 11.3 Å². The summed E-state index contributed by atoms with van der Waals surface area (Å²) in [4.78, 5) is 4.33. The molecule has 0 aliphatic carbocycles. The number of benzene rings is 1. The molecule has 2 aromatic rings. The van der Waals surface area contributed by atoms with Gasteiger partial charge in [-0.2, -0.15) is 5.26 Å². The standard InChI is InChI=1S/C13H10BrN3/c1-9-6-7-10(8-15)13(16-9)17-12-5-3-2-4-11(12)14/h2-7H,1H3,(H,16,17). The fourth-order valence-electron chi connectivity index (χ4n) is 1.43. The zero-order valence-electron chi connectivity index (χ0n) is 9.24. The molecule has 84 valence electrons. The first kappa shape index (κ1) is 11.6. The lowest BCUT2D eigenvalue weighted by atomic mass is 10.2. The third-order valence-corrected chi connectivity index (χ3v) is 2.97. The van der Waals surface area contributed by atoms with E-state index in [1.165, 1.54) is 0 Å². The van der Waals surface area contributed by atoms with Crippen LogP contribution in [-0.4, -0.2) is 4.98 Å². The fraction of sp³-hybridized carbons (Fsp3) is 0.0769.